The Morgan fingerprint density at radius 2 is 1.37 bits per heavy atom. The molecule has 27 heavy (non-hydrogen) atoms. The first-order chi connectivity index (χ1) is 12.3. The monoisotopic (exact) mass is 370 g/mol. The number of nitrogens with zero attached hydrogens (tertiary/aromatic N) is 1. The van der Waals surface area contributed by atoms with Crippen LogP contribution in [0.3, 0.4) is 0 Å². The van der Waals surface area contributed by atoms with Crippen LogP contribution in [0.15, 0.2) is 42.5 Å². The van der Waals surface area contributed by atoms with Crippen LogP contribution in [0, 0.1) is 0 Å². The van der Waals surface area contributed by atoms with Crippen molar-refractivity contribution in [2.45, 2.75) is 58.4 Å². The van der Waals surface area contributed by atoms with E-state index in [0.29, 0.717) is 10.6 Å². The minimum atomic E-state index is -0.938. The molecule has 0 aliphatic rings. The van der Waals surface area contributed by atoms with Gasteiger partial charge < -0.3 is 10.8 Å². The smallest absolute Gasteiger partial charge is 0.339 e. The fraction of sp³-hybridized carbons (Fsp3) is 0.409. The number of hydroxylamine groups is 2. The summed E-state index contributed by atoms with van der Waals surface area (Å²) in [5.74, 6) is 0.245. The Kier molecular flexibility index (Phi) is 5.57. The topological polar surface area (TPSA) is 86.8 Å². The largest absolute Gasteiger partial charge is 0.507 e. The number of aromatic hydroxyl groups is 1. The van der Waals surface area contributed by atoms with Gasteiger partial charge in [0.2, 0.25) is 0 Å². The van der Waals surface area contributed by atoms with Gasteiger partial charge in [-0.15, -0.1) is 0 Å². The first kappa shape index (κ1) is 20.8. The normalized spacial score (nSPS) is 13.3. The summed E-state index contributed by atoms with van der Waals surface area (Å²) in [6, 6.07) is 11.2. The van der Waals surface area contributed by atoms with Gasteiger partial charge in [-0.25, -0.2) is 4.79 Å². The zero-order valence-electron chi connectivity index (χ0n) is 16.9. The van der Waals surface area contributed by atoms with Crippen molar-refractivity contribution in [3.05, 3.63) is 64.7 Å². The second kappa shape index (κ2) is 7.24. The summed E-state index contributed by atoms with van der Waals surface area (Å²) in [5, 5.41) is 21.9. The Bertz CT molecular complexity index is 783. The molecule has 0 saturated carbocycles. The minimum absolute atomic E-state index is 0.245. The van der Waals surface area contributed by atoms with Gasteiger partial charge in [0.25, 0.3) is 0 Å². The fourth-order valence-electron chi connectivity index (χ4n) is 3.20. The summed E-state index contributed by atoms with van der Waals surface area (Å²) in [4.78, 5) is 11.8. The molecule has 2 aromatic rings. The third kappa shape index (κ3) is 4.42. The Labute approximate surface area is 161 Å². The van der Waals surface area contributed by atoms with Crippen LogP contribution in [0.4, 0.5) is 4.79 Å². The van der Waals surface area contributed by atoms with Crippen LogP contribution >= 0.6 is 0 Å². The fourth-order valence-corrected chi connectivity index (χ4v) is 3.20. The maximum Gasteiger partial charge on any atom is 0.339 e. The van der Waals surface area contributed by atoms with E-state index in [1.165, 1.54) is 0 Å². The van der Waals surface area contributed by atoms with Crippen molar-refractivity contribution < 1.29 is 15.1 Å². The van der Waals surface area contributed by atoms with E-state index in [4.69, 9.17) is 5.73 Å². The van der Waals surface area contributed by atoms with Gasteiger partial charge in [-0.1, -0.05) is 71.9 Å². The maximum atomic E-state index is 11.8. The van der Waals surface area contributed by atoms with Gasteiger partial charge in [0.1, 0.15) is 11.8 Å². The average molecular weight is 370 g/mol. The lowest BCUT2D eigenvalue weighted by Crippen LogP contribution is -2.37. The molecule has 5 nitrogen and oxygen atoms in total. The highest BCUT2D eigenvalue weighted by Crippen LogP contribution is 2.42. The molecule has 1 unspecified atom stereocenters. The molecule has 2 aromatic carbocycles. The lowest BCUT2D eigenvalue weighted by atomic mass is 9.77. The van der Waals surface area contributed by atoms with Crippen LogP contribution in [0.2, 0.25) is 0 Å². The van der Waals surface area contributed by atoms with E-state index in [9.17, 15) is 15.1 Å². The van der Waals surface area contributed by atoms with Gasteiger partial charge in [-0.2, -0.15) is 5.06 Å². The number of urea groups is 1. The lowest BCUT2D eigenvalue weighted by Gasteiger charge is -2.31. The number of hydrogen-bond donors (Lipinski definition) is 3. The Morgan fingerprint density at radius 1 is 0.926 bits per heavy atom. The molecular weight excluding hydrogens is 340 g/mol. The molecule has 5 heteroatoms. The summed E-state index contributed by atoms with van der Waals surface area (Å²) >= 11 is 0. The van der Waals surface area contributed by atoms with E-state index in [2.05, 4.69) is 0 Å². The van der Waals surface area contributed by atoms with Crippen molar-refractivity contribution in [2.75, 3.05) is 0 Å². The number of benzene rings is 2. The highest BCUT2D eigenvalue weighted by atomic mass is 16.5. The summed E-state index contributed by atoms with van der Waals surface area (Å²) < 4.78 is 0. The van der Waals surface area contributed by atoms with Crippen molar-refractivity contribution in [2.24, 2.45) is 5.73 Å². The Morgan fingerprint density at radius 3 is 1.74 bits per heavy atom. The Hall–Kier alpha value is -2.53. The van der Waals surface area contributed by atoms with E-state index in [1.807, 2.05) is 84.0 Å². The molecule has 0 spiro atoms. The highest BCUT2D eigenvalue weighted by Gasteiger charge is 2.31. The van der Waals surface area contributed by atoms with Gasteiger partial charge in [0.15, 0.2) is 0 Å². The molecule has 0 aromatic heterocycles. The van der Waals surface area contributed by atoms with Gasteiger partial charge in [0, 0.05) is 0 Å². The van der Waals surface area contributed by atoms with Gasteiger partial charge in [-0.3, -0.25) is 5.21 Å². The lowest BCUT2D eigenvalue weighted by molar-refractivity contribution is -0.0646. The predicted octanol–water partition coefficient (Wildman–Crippen LogP) is 4.85. The molecule has 2 amide bonds. The SMILES string of the molecule is CC(C)(C)c1cc(C(c2ccccc2)N(O)C(N)=O)cc(C(C)(C)C)c1O. The van der Waals surface area contributed by atoms with E-state index < -0.39 is 12.1 Å². The molecule has 4 N–H and O–H groups in total. The molecule has 0 aliphatic heterocycles. The van der Waals surface area contributed by atoms with Gasteiger partial charge in [0.05, 0.1) is 0 Å². The molecule has 0 bridgehead atoms. The van der Waals surface area contributed by atoms with E-state index in [1.54, 1.807) is 0 Å². The quantitative estimate of drug-likeness (QED) is 0.533. The third-order valence-electron chi connectivity index (χ3n) is 4.65. The number of nitrogens with two attached hydrogens (primary N) is 1. The molecule has 0 radical (unpaired) electrons. The predicted molar refractivity (Wildman–Crippen MR) is 107 cm³/mol. The second-order valence-corrected chi connectivity index (χ2v) is 8.96. The molecule has 0 heterocycles. The number of phenols is 1. The van der Waals surface area contributed by atoms with Gasteiger partial charge in [-0.05, 0) is 45.2 Å². The van der Waals surface area contributed by atoms with E-state index in [0.717, 1.165) is 16.7 Å². The molecule has 0 fully saturated rings. The number of carbonyl (C=O) groups excluding carboxylic acids is 1. The standard InChI is InChI=1S/C22H30N2O3/c1-21(2,3)16-12-15(13-17(19(16)25)22(4,5)6)18(24(27)20(23)26)14-10-8-7-9-11-14/h7-13,18,25,27H,1-6H3,(H2,23,26). The number of hydrogen-bond acceptors (Lipinski definition) is 3. The van der Waals surface area contributed by atoms with Crippen LogP contribution in [-0.4, -0.2) is 21.4 Å². The molecule has 146 valence electrons. The Balaban J connectivity index is 2.81. The summed E-state index contributed by atoms with van der Waals surface area (Å²) in [6.07, 6.45) is 0. The zero-order chi connectivity index (χ0) is 20.6. The number of amides is 2. The van der Waals surface area contributed by atoms with Crippen molar-refractivity contribution in [1.29, 1.82) is 0 Å². The average Bonchev–Trinajstić information content (AvgIpc) is 2.55. The molecule has 0 saturated heterocycles. The minimum Gasteiger partial charge on any atom is -0.507 e. The van der Waals surface area contributed by atoms with Crippen molar-refractivity contribution >= 4 is 6.03 Å². The highest BCUT2D eigenvalue weighted by molar-refractivity contribution is 5.72. The van der Waals surface area contributed by atoms with Crippen LogP contribution in [0.25, 0.3) is 0 Å². The number of phenolic OH excluding ortho intramolecular Hbond substituents is 1. The molecular formula is C22H30N2O3. The van der Waals surface area contributed by atoms with E-state index >= 15 is 0 Å². The molecule has 0 aliphatic carbocycles. The van der Waals surface area contributed by atoms with Crippen LogP contribution in [0.5, 0.6) is 5.75 Å². The van der Waals surface area contributed by atoms with Gasteiger partial charge >= 0.3 is 6.03 Å². The summed E-state index contributed by atoms with van der Waals surface area (Å²) in [6.45, 7) is 12.1. The van der Waals surface area contributed by atoms with Crippen molar-refractivity contribution in [3.8, 4) is 5.75 Å². The molecule has 1 atom stereocenters. The van der Waals surface area contributed by atoms with Crippen LogP contribution in [-0.2, 0) is 10.8 Å². The van der Waals surface area contributed by atoms with E-state index in [-0.39, 0.29) is 16.6 Å². The number of carbonyl (C=O) groups is 1. The zero-order valence-corrected chi connectivity index (χ0v) is 16.9. The second-order valence-electron chi connectivity index (χ2n) is 8.96. The maximum absolute atomic E-state index is 11.8. The molecule has 2 rings (SSSR count). The van der Waals surface area contributed by atoms with Crippen LogP contribution < -0.4 is 5.73 Å². The number of primary amides is 1. The van der Waals surface area contributed by atoms with Crippen LogP contribution in [0.1, 0.15) is 69.8 Å². The summed E-state index contributed by atoms with van der Waals surface area (Å²) in [7, 11) is 0. The third-order valence-corrected chi connectivity index (χ3v) is 4.65. The first-order valence-electron chi connectivity index (χ1n) is 9.04. The summed E-state index contributed by atoms with van der Waals surface area (Å²) in [5.41, 5.74) is 7.65. The first-order valence-corrected chi connectivity index (χ1v) is 9.04. The number of rotatable bonds is 3. The van der Waals surface area contributed by atoms with Crippen molar-refractivity contribution in [1.82, 2.24) is 5.06 Å². The van der Waals surface area contributed by atoms with Crippen molar-refractivity contribution in [3.63, 3.8) is 0 Å².